The molecule has 0 saturated carbocycles. The molecule has 7 nitrogen and oxygen atoms in total. The van der Waals surface area contributed by atoms with Crippen molar-refractivity contribution < 1.29 is 14.1 Å². The molecule has 3 aromatic rings. The number of nitrogens with zero attached hydrogens (tertiary/aromatic N) is 2. The summed E-state index contributed by atoms with van der Waals surface area (Å²) < 4.78 is 5.28. The van der Waals surface area contributed by atoms with Crippen LogP contribution in [-0.2, 0) is 11.3 Å². The molecule has 0 aliphatic rings. The number of anilines is 1. The van der Waals surface area contributed by atoms with Crippen LogP contribution in [0.15, 0.2) is 34.9 Å². The van der Waals surface area contributed by atoms with Gasteiger partial charge < -0.3 is 15.2 Å². The lowest BCUT2D eigenvalue weighted by atomic mass is 10.0. The Morgan fingerprint density at radius 1 is 1.17 bits per heavy atom. The minimum atomic E-state index is -0.203. The van der Waals surface area contributed by atoms with Crippen LogP contribution in [0.4, 0.5) is 5.69 Å². The van der Waals surface area contributed by atoms with Crippen molar-refractivity contribution in [3.05, 3.63) is 52.8 Å². The number of amides is 2. The van der Waals surface area contributed by atoms with Crippen LogP contribution in [-0.4, -0.2) is 22.0 Å². The molecule has 2 heterocycles. The molecule has 0 aliphatic heterocycles. The predicted octanol–water partition coefficient (Wildman–Crippen LogP) is 4.32. The minimum Gasteiger partial charge on any atom is -0.348 e. The van der Waals surface area contributed by atoms with Gasteiger partial charge in [-0.2, -0.15) is 0 Å². The molecule has 0 bridgehead atoms. The van der Waals surface area contributed by atoms with Crippen LogP contribution in [0, 0.1) is 6.92 Å². The maximum Gasteiger partial charge on any atom is 0.259 e. The molecule has 152 valence electrons. The van der Waals surface area contributed by atoms with Crippen molar-refractivity contribution in [2.75, 3.05) is 5.32 Å². The number of nitrogens with one attached hydrogen (secondary N) is 2. The molecule has 0 spiro atoms. The van der Waals surface area contributed by atoms with Gasteiger partial charge in [-0.25, -0.2) is 4.98 Å². The van der Waals surface area contributed by atoms with Crippen molar-refractivity contribution in [3.8, 4) is 0 Å². The van der Waals surface area contributed by atoms with Gasteiger partial charge in [0.05, 0.1) is 16.6 Å². The van der Waals surface area contributed by atoms with Crippen molar-refractivity contribution in [1.82, 2.24) is 15.5 Å². The second-order valence-electron chi connectivity index (χ2n) is 7.38. The zero-order valence-corrected chi connectivity index (χ0v) is 17.2. The number of hydrogen-bond acceptors (Lipinski definition) is 5. The number of aryl methyl sites for hydroxylation is 1. The summed E-state index contributed by atoms with van der Waals surface area (Å²) in [5, 5.41) is 10.4. The summed E-state index contributed by atoms with van der Waals surface area (Å²) in [7, 11) is 0. The first kappa shape index (κ1) is 20.5. The second kappa shape index (κ2) is 8.86. The molecule has 2 aromatic heterocycles. The monoisotopic (exact) mass is 394 g/mol. The zero-order valence-electron chi connectivity index (χ0n) is 17.2. The zero-order chi connectivity index (χ0) is 21.0. The van der Waals surface area contributed by atoms with E-state index in [4.69, 9.17) is 4.52 Å². The maximum absolute atomic E-state index is 12.9. The van der Waals surface area contributed by atoms with Gasteiger partial charge >= 0.3 is 0 Å². The van der Waals surface area contributed by atoms with Gasteiger partial charge in [0, 0.05) is 24.3 Å². The lowest BCUT2D eigenvalue weighted by Crippen LogP contribution is -2.23. The average molecular weight is 394 g/mol. The molecule has 2 amide bonds. The Morgan fingerprint density at radius 2 is 1.90 bits per heavy atom. The Bertz CT molecular complexity index is 1020. The highest BCUT2D eigenvalue weighted by atomic mass is 16.5. The molecular formula is C22H26N4O3. The lowest BCUT2D eigenvalue weighted by molar-refractivity contribution is -0.116. The van der Waals surface area contributed by atoms with Crippen molar-refractivity contribution in [2.45, 2.75) is 53.0 Å². The molecule has 0 saturated heterocycles. The van der Waals surface area contributed by atoms with Crippen molar-refractivity contribution in [3.63, 3.8) is 0 Å². The summed E-state index contributed by atoms with van der Waals surface area (Å²) >= 11 is 0. The van der Waals surface area contributed by atoms with Gasteiger partial charge in [-0.1, -0.05) is 38.1 Å². The SMILES string of the molecule is CCCC(=O)Nc1ccc(CNC(=O)c2cc(C(C)C)nc3onc(C)c23)cc1. The number of benzene rings is 1. The van der Waals surface area contributed by atoms with Gasteiger partial charge in [-0.15, -0.1) is 0 Å². The number of aromatic nitrogens is 2. The first-order valence-corrected chi connectivity index (χ1v) is 9.83. The molecule has 29 heavy (non-hydrogen) atoms. The van der Waals surface area contributed by atoms with E-state index >= 15 is 0 Å². The van der Waals surface area contributed by atoms with E-state index in [9.17, 15) is 9.59 Å². The van der Waals surface area contributed by atoms with Crippen LogP contribution in [0.5, 0.6) is 0 Å². The van der Waals surface area contributed by atoms with E-state index < -0.39 is 0 Å². The molecule has 0 unspecified atom stereocenters. The summed E-state index contributed by atoms with van der Waals surface area (Å²) in [6.07, 6.45) is 1.31. The van der Waals surface area contributed by atoms with E-state index in [-0.39, 0.29) is 17.7 Å². The van der Waals surface area contributed by atoms with Crippen molar-refractivity contribution in [1.29, 1.82) is 0 Å². The Labute approximate surface area is 169 Å². The van der Waals surface area contributed by atoms with Gasteiger partial charge in [-0.3, -0.25) is 9.59 Å². The Hall–Kier alpha value is -3.22. The lowest BCUT2D eigenvalue weighted by Gasteiger charge is -2.10. The quantitative estimate of drug-likeness (QED) is 0.622. The summed E-state index contributed by atoms with van der Waals surface area (Å²) in [4.78, 5) is 29.0. The van der Waals surface area contributed by atoms with E-state index in [0.717, 1.165) is 23.4 Å². The van der Waals surface area contributed by atoms with Crippen LogP contribution in [0.3, 0.4) is 0 Å². The van der Waals surface area contributed by atoms with E-state index in [1.54, 1.807) is 13.0 Å². The fourth-order valence-corrected chi connectivity index (χ4v) is 3.02. The number of pyridine rings is 1. The molecule has 2 N–H and O–H groups in total. The number of fused-ring (bicyclic) bond motifs is 1. The van der Waals surface area contributed by atoms with E-state index in [0.29, 0.717) is 35.3 Å². The van der Waals surface area contributed by atoms with Crippen molar-refractivity contribution >= 4 is 28.6 Å². The topological polar surface area (TPSA) is 97.1 Å². The van der Waals surface area contributed by atoms with E-state index in [2.05, 4.69) is 20.8 Å². The van der Waals surface area contributed by atoms with Gasteiger partial charge in [0.25, 0.3) is 11.6 Å². The highest BCUT2D eigenvalue weighted by Gasteiger charge is 2.19. The third-order valence-electron chi connectivity index (χ3n) is 4.64. The maximum atomic E-state index is 12.9. The van der Waals surface area contributed by atoms with E-state index in [1.165, 1.54) is 0 Å². The van der Waals surface area contributed by atoms with Gasteiger partial charge in [-0.05, 0) is 43.0 Å². The minimum absolute atomic E-state index is 0.000282. The fourth-order valence-electron chi connectivity index (χ4n) is 3.02. The largest absolute Gasteiger partial charge is 0.348 e. The molecule has 0 atom stereocenters. The molecule has 0 aliphatic carbocycles. The summed E-state index contributed by atoms with van der Waals surface area (Å²) in [5.74, 6) is -0.0435. The molecule has 0 fully saturated rings. The third-order valence-corrected chi connectivity index (χ3v) is 4.64. The predicted molar refractivity (Wildman–Crippen MR) is 112 cm³/mol. The molecule has 3 rings (SSSR count). The first-order chi connectivity index (χ1) is 13.9. The summed E-state index contributed by atoms with van der Waals surface area (Å²) in [5.41, 5.74) is 4.00. The molecule has 1 aromatic carbocycles. The first-order valence-electron chi connectivity index (χ1n) is 9.83. The van der Waals surface area contributed by atoms with Crippen LogP contribution < -0.4 is 10.6 Å². The summed E-state index contributed by atoms with van der Waals surface area (Å²) in [6, 6.07) is 9.24. The van der Waals surface area contributed by atoms with E-state index in [1.807, 2.05) is 45.0 Å². The summed E-state index contributed by atoms with van der Waals surface area (Å²) in [6.45, 7) is 8.16. The number of hydrogen-bond donors (Lipinski definition) is 2. The highest BCUT2D eigenvalue weighted by molar-refractivity contribution is 6.06. The molecule has 0 radical (unpaired) electrons. The van der Waals surface area contributed by atoms with Crippen LogP contribution in [0.1, 0.15) is 66.8 Å². The molecular weight excluding hydrogens is 368 g/mol. The fraction of sp³-hybridized carbons (Fsp3) is 0.364. The van der Waals surface area contributed by atoms with Crippen LogP contribution in [0.2, 0.25) is 0 Å². The molecule has 7 heteroatoms. The van der Waals surface area contributed by atoms with Crippen LogP contribution >= 0.6 is 0 Å². The highest BCUT2D eigenvalue weighted by Crippen LogP contribution is 2.25. The van der Waals surface area contributed by atoms with Gasteiger partial charge in [0.2, 0.25) is 5.91 Å². The Kier molecular flexibility index (Phi) is 6.26. The smallest absolute Gasteiger partial charge is 0.259 e. The Morgan fingerprint density at radius 3 is 2.55 bits per heavy atom. The van der Waals surface area contributed by atoms with Gasteiger partial charge in [0.1, 0.15) is 0 Å². The van der Waals surface area contributed by atoms with Crippen LogP contribution in [0.25, 0.3) is 11.1 Å². The average Bonchev–Trinajstić information content (AvgIpc) is 3.07. The standard InChI is InChI=1S/C22H26N4O3/c1-5-6-19(27)24-16-9-7-15(8-10-16)12-23-21(28)17-11-18(13(2)3)25-22-20(17)14(4)26-29-22/h7-11,13H,5-6,12H2,1-4H3,(H,23,28)(H,24,27). The second-order valence-corrected chi connectivity index (χ2v) is 7.38. The number of carbonyl (C=O) groups is 2. The normalized spacial score (nSPS) is 11.1. The Balaban J connectivity index is 1.72. The van der Waals surface area contributed by atoms with Gasteiger partial charge in [0.15, 0.2) is 0 Å². The third kappa shape index (κ3) is 4.80. The number of carbonyl (C=O) groups excluding carboxylic acids is 2. The van der Waals surface area contributed by atoms with Crippen molar-refractivity contribution in [2.24, 2.45) is 0 Å². The number of rotatable bonds is 7.